The lowest BCUT2D eigenvalue weighted by atomic mass is 10.2. The monoisotopic (exact) mass is 256 g/mol. The number of fused-ring (bicyclic) bond motifs is 1. The standard InChI is InChI=1S/C11H10F2N2O3/c12-11(13,5-16)4-15-6-14-8-2-1-7(10(17)18)3-9(8)15/h1-3,6,16H,4-5H2,(H,17,18). The molecule has 0 atom stereocenters. The molecule has 0 unspecified atom stereocenters. The number of aromatic nitrogens is 2. The Morgan fingerprint density at radius 2 is 2.17 bits per heavy atom. The lowest BCUT2D eigenvalue weighted by molar-refractivity contribution is -0.0621. The molecule has 0 saturated carbocycles. The number of carbonyl (C=O) groups is 1. The van der Waals surface area contributed by atoms with Gasteiger partial charge in [0.1, 0.15) is 6.61 Å². The third-order valence-corrected chi connectivity index (χ3v) is 2.50. The van der Waals surface area contributed by atoms with E-state index < -0.39 is 25.0 Å². The minimum Gasteiger partial charge on any atom is -0.478 e. The molecule has 1 heterocycles. The molecule has 5 nitrogen and oxygen atoms in total. The van der Waals surface area contributed by atoms with Crippen molar-refractivity contribution in [2.24, 2.45) is 0 Å². The molecular formula is C11H10F2N2O3. The summed E-state index contributed by atoms with van der Waals surface area (Å²) in [6, 6.07) is 4.08. The van der Waals surface area contributed by atoms with Crippen molar-refractivity contribution in [1.29, 1.82) is 0 Å². The third-order valence-electron chi connectivity index (χ3n) is 2.50. The van der Waals surface area contributed by atoms with E-state index in [0.717, 1.165) is 4.57 Å². The second-order valence-corrected chi connectivity index (χ2v) is 3.90. The number of aliphatic hydroxyl groups excluding tert-OH is 1. The van der Waals surface area contributed by atoms with Crippen molar-refractivity contribution in [1.82, 2.24) is 9.55 Å². The van der Waals surface area contributed by atoms with Crippen molar-refractivity contribution in [2.75, 3.05) is 6.61 Å². The highest BCUT2D eigenvalue weighted by molar-refractivity contribution is 5.92. The molecule has 0 radical (unpaired) electrons. The van der Waals surface area contributed by atoms with Gasteiger partial charge in [-0.3, -0.25) is 0 Å². The molecule has 2 aromatic rings. The van der Waals surface area contributed by atoms with Crippen LogP contribution in [-0.2, 0) is 6.54 Å². The Labute approximate surface area is 100 Å². The maximum atomic E-state index is 13.1. The normalized spacial score (nSPS) is 11.9. The van der Waals surface area contributed by atoms with Crippen LogP contribution in [0.4, 0.5) is 8.78 Å². The Kier molecular flexibility index (Phi) is 3.00. The lowest BCUT2D eigenvalue weighted by Crippen LogP contribution is -2.27. The molecule has 0 aliphatic heterocycles. The smallest absolute Gasteiger partial charge is 0.335 e. The first kappa shape index (κ1) is 12.4. The van der Waals surface area contributed by atoms with Gasteiger partial charge in [-0.1, -0.05) is 0 Å². The zero-order valence-electron chi connectivity index (χ0n) is 9.18. The third kappa shape index (κ3) is 2.30. The highest BCUT2D eigenvalue weighted by Crippen LogP contribution is 2.20. The van der Waals surface area contributed by atoms with Gasteiger partial charge in [0, 0.05) is 0 Å². The largest absolute Gasteiger partial charge is 0.478 e. The fourth-order valence-corrected chi connectivity index (χ4v) is 1.61. The van der Waals surface area contributed by atoms with Crippen LogP contribution in [0.3, 0.4) is 0 Å². The van der Waals surface area contributed by atoms with E-state index in [1.165, 1.54) is 24.5 Å². The van der Waals surface area contributed by atoms with Gasteiger partial charge in [0.2, 0.25) is 0 Å². The number of hydrogen-bond donors (Lipinski definition) is 2. The lowest BCUT2D eigenvalue weighted by Gasteiger charge is -2.14. The number of aromatic carboxylic acids is 1. The van der Waals surface area contributed by atoms with Gasteiger partial charge >= 0.3 is 5.97 Å². The predicted molar refractivity (Wildman–Crippen MR) is 58.7 cm³/mol. The topological polar surface area (TPSA) is 75.3 Å². The maximum Gasteiger partial charge on any atom is 0.335 e. The summed E-state index contributed by atoms with van der Waals surface area (Å²) in [7, 11) is 0. The van der Waals surface area contributed by atoms with Gasteiger partial charge < -0.3 is 14.8 Å². The molecule has 0 bridgehead atoms. The summed E-state index contributed by atoms with van der Waals surface area (Å²) in [6.45, 7) is -2.02. The van der Waals surface area contributed by atoms with Crippen LogP contribution in [0, 0.1) is 0 Å². The molecule has 2 rings (SSSR count). The van der Waals surface area contributed by atoms with Gasteiger partial charge in [-0.05, 0) is 18.2 Å². The van der Waals surface area contributed by atoms with Crippen molar-refractivity contribution in [2.45, 2.75) is 12.5 Å². The van der Waals surface area contributed by atoms with Crippen LogP contribution in [0.25, 0.3) is 11.0 Å². The molecule has 0 aliphatic carbocycles. The number of alkyl halides is 2. The molecule has 2 N–H and O–H groups in total. The summed E-state index contributed by atoms with van der Waals surface area (Å²) in [5.41, 5.74) is 0.716. The first-order chi connectivity index (χ1) is 8.43. The Morgan fingerprint density at radius 3 is 2.78 bits per heavy atom. The number of benzene rings is 1. The number of carboxylic acids is 1. The van der Waals surface area contributed by atoms with Gasteiger partial charge in [-0.25, -0.2) is 18.6 Å². The molecule has 0 spiro atoms. The summed E-state index contributed by atoms with van der Waals surface area (Å²) < 4.78 is 27.3. The molecule has 0 fully saturated rings. The highest BCUT2D eigenvalue weighted by atomic mass is 19.3. The van der Waals surface area contributed by atoms with E-state index in [4.69, 9.17) is 10.2 Å². The van der Waals surface area contributed by atoms with Crippen LogP contribution in [0.5, 0.6) is 0 Å². The molecule has 18 heavy (non-hydrogen) atoms. The van der Waals surface area contributed by atoms with Crippen LogP contribution in [-0.4, -0.2) is 38.3 Å². The van der Waals surface area contributed by atoms with E-state index in [9.17, 15) is 13.6 Å². The summed E-state index contributed by atoms with van der Waals surface area (Å²) >= 11 is 0. The van der Waals surface area contributed by atoms with Crippen molar-refractivity contribution < 1.29 is 23.8 Å². The molecule has 96 valence electrons. The predicted octanol–water partition coefficient (Wildman–Crippen LogP) is 1.36. The van der Waals surface area contributed by atoms with E-state index in [-0.39, 0.29) is 5.56 Å². The van der Waals surface area contributed by atoms with Crippen molar-refractivity contribution in [3.63, 3.8) is 0 Å². The average Bonchev–Trinajstić information content (AvgIpc) is 2.71. The first-order valence-electron chi connectivity index (χ1n) is 5.10. The summed E-state index contributed by atoms with van der Waals surface area (Å²) in [5, 5.41) is 17.4. The number of rotatable bonds is 4. The molecule has 0 aliphatic rings. The quantitative estimate of drug-likeness (QED) is 0.866. The van der Waals surface area contributed by atoms with E-state index in [1.54, 1.807) is 0 Å². The zero-order valence-corrected chi connectivity index (χ0v) is 9.18. The van der Waals surface area contributed by atoms with E-state index in [2.05, 4.69) is 4.98 Å². The summed E-state index contributed by atoms with van der Waals surface area (Å²) in [4.78, 5) is 14.7. The van der Waals surface area contributed by atoms with Gasteiger partial charge in [-0.15, -0.1) is 0 Å². The van der Waals surface area contributed by atoms with Crippen molar-refractivity contribution >= 4 is 17.0 Å². The second kappa shape index (κ2) is 4.34. The van der Waals surface area contributed by atoms with Crippen molar-refractivity contribution in [3.05, 3.63) is 30.1 Å². The Morgan fingerprint density at radius 1 is 1.44 bits per heavy atom. The number of nitrogens with zero attached hydrogens (tertiary/aromatic N) is 2. The minimum atomic E-state index is -3.27. The SMILES string of the molecule is O=C(O)c1ccc2ncn(CC(F)(F)CO)c2c1. The van der Waals surface area contributed by atoms with E-state index in [1.807, 2.05) is 0 Å². The van der Waals surface area contributed by atoms with Crippen LogP contribution < -0.4 is 0 Å². The molecule has 0 saturated heterocycles. The van der Waals surface area contributed by atoms with E-state index >= 15 is 0 Å². The Balaban J connectivity index is 2.45. The second-order valence-electron chi connectivity index (χ2n) is 3.90. The number of aliphatic hydroxyl groups is 1. The Bertz CT molecular complexity index is 595. The van der Waals surface area contributed by atoms with E-state index in [0.29, 0.717) is 11.0 Å². The van der Waals surface area contributed by atoms with Crippen LogP contribution in [0.2, 0.25) is 0 Å². The van der Waals surface area contributed by atoms with Crippen LogP contribution >= 0.6 is 0 Å². The fraction of sp³-hybridized carbons (Fsp3) is 0.273. The maximum absolute atomic E-state index is 13.1. The fourth-order valence-electron chi connectivity index (χ4n) is 1.61. The van der Waals surface area contributed by atoms with Gasteiger partial charge in [0.05, 0.1) is 29.5 Å². The number of halogens is 2. The average molecular weight is 256 g/mol. The molecule has 1 aromatic heterocycles. The number of carboxylic acid groups (broad SMARTS) is 1. The minimum absolute atomic E-state index is 0.00318. The number of hydrogen-bond acceptors (Lipinski definition) is 3. The first-order valence-corrected chi connectivity index (χ1v) is 5.10. The van der Waals surface area contributed by atoms with Crippen LogP contribution in [0.1, 0.15) is 10.4 Å². The highest BCUT2D eigenvalue weighted by Gasteiger charge is 2.29. The molecule has 1 aromatic carbocycles. The van der Waals surface area contributed by atoms with Gasteiger partial charge in [0.25, 0.3) is 5.92 Å². The van der Waals surface area contributed by atoms with Crippen molar-refractivity contribution in [3.8, 4) is 0 Å². The van der Waals surface area contributed by atoms with Crippen LogP contribution in [0.15, 0.2) is 24.5 Å². The van der Waals surface area contributed by atoms with Gasteiger partial charge in [-0.2, -0.15) is 0 Å². The molecule has 0 amide bonds. The zero-order chi connectivity index (χ0) is 13.3. The number of imidazole rings is 1. The summed E-state index contributed by atoms with van der Waals surface area (Å²) in [5.74, 6) is -4.41. The molecular weight excluding hydrogens is 246 g/mol. The summed E-state index contributed by atoms with van der Waals surface area (Å²) in [6.07, 6.45) is 1.19. The Hall–Kier alpha value is -2.02. The molecule has 7 heteroatoms. The van der Waals surface area contributed by atoms with Gasteiger partial charge in [0.15, 0.2) is 0 Å².